The summed E-state index contributed by atoms with van der Waals surface area (Å²) < 4.78 is 6.02. The van der Waals surface area contributed by atoms with E-state index in [1.807, 2.05) is 73.7 Å². The molecule has 6 rings (SSSR count). The van der Waals surface area contributed by atoms with E-state index >= 15 is 0 Å². The average molecular weight is 553 g/mol. The van der Waals surface area contributed by atoms with Gasteiger partial charge in [-0.1, -0.05) is 108 Å². The van der Waals surface area contributed by atoms with Crippen molar-refractivity contribution >= 4 is 40.7 Å². The van der Waals surface area contributed by atoms with E-state index in [9.17, 15) is 9.59 Å². The molecule has 0 radical (unpaired) electrons. The van der Waals surface area contributed by atoms with E-state index in [0.717, 1.165) is 27.8 Å². The second-order valence-corrected chi connectivity index (χ2v) is 11.1. The maximum atomic E-state index is 13.9. The van der Waals surface area contributed by atoms with Gasteiger partial charge >= 0.3 is 5.97 Å². The summed E-state index contributed by atoms with van der Waals surface area (Å²) in [6.45, 7) is 2.03. The fraction of sp³-hybridized carbons (Fsp3) is 0.176. The van der Waals surface area contributed by atoms with Crippen LogP contribution in [0, 0.1) is 12.8 Å². The number of ether oxygens (including phenoxy) is 1. The molecule has 0 N–H and O–H groups in total. The summed E-state index contributed by atoms with van der Waals surface area (Å²) >= 11 is 12.3. The third-order valence-corrected chi connectivity index (χ3v) is 8.68. The molecule has 0 saturated heterocycles. The van der Waals surface area contributed by atoms with Crippen LogP contribution in [-0.4, -0.2) is 11.8 Å². The summed E-state index contributed by atoms with van der Waals surface area (Å²) in [6.07, 6.45) is 2.31. The number of aryl methyl sites for hydroxylation is 1. The third kappa shape index (κ3) is 4.82. The molecule has 0 spiro atoms. The number of ketones is 1. The highest BCUT2D eigenvalue weighted by molar-refractivity contribution is 6.42. The zero-order valence-corrected chi connectivity index (χ0v) is 22.8. The minimum absolute atomic E-state index is 0.0483. The molecule has 0 bridgehead atoms. The van der Waals surface area contributed by atoms with Crippen LogP contribution in [0.25, 0.3) is 5.76 Å². The minimum atomic E-state index is -0.469. The fourth-order valence-electron chi connectivity index (χ4n) is 6.08. The van der Waals surface area contributed by atoms with Crippen LogP contribution in [0.3, 0.4) is 0 Å². The Kier molecular flexibility index (Phi) is 6.88. The molecule has 0 fully saturated rings. The molecule has 1 aliphatic carbocycles. The molecular formula is C34H26Cl2O3. The van der Waals surface area contributed by atoms with Crippen LogP contribution in [-0.2, 0) is 9.53 Å². The van der Waals surface area contributed by atoms with Gasteiger partial charge < -0.3 is 4.74 Å². The van der Waals surface area contributed by atoms with Crippen LogP contribution in [0.15, 0.2) is 103 Å². The molecule has 0 aromatic heterocycles. The lowest BCUT2D eigenvalue weighted by Crippen LogP contribution is -2.40. The van der Waals surface area contributed by atoms with Crippen molar-refractivity contribution in [3.63, 3.8) is 0 Å². The van der Waals surface area contributed by atoms with Gasteiger partial charge in [0.15, 0.2) is 5.78 Å². The summed E-state index contributed by atoms with van der Waals surface area (Å²) in [4.78, 5) is 27.5. The molecule has 5 heteroatoms. The van der Waals surface area contributed by atoms with Crippen molar-refractivity contribution in [1.29, 1.82) is 0 Å². The Morgan fingerprint density at radius 3 is 2.21 bits per heavy atom. The molecule has 0 unspecified atom stereocenters. The van der Waals surface area contributed by atoms with Crippen molar-refractivity contribution < 1.29 is 14.3 Å². The molecule has 1 heterocycles. The number of allylic oxidation sites excluding steroid dienone is 1. The van der Waals surface area contributed by atoms with E-state index in [2.05, 4.69) is 18.2 Å². The Labute approximate surface area is 238 Å². The third-order valence-electron chi connectivity index (χ3n) is 7.94. The van der Waals surface area contributed by atoms with Crippen LogP contribution in [0.5, 0.6) is 0 Å². The molecule has 1 aliphatic heterocycles. The van der Waals surface area contributed by atoms with Crippen molar-refractivity contribution in [2.24, 2.45) is 5.92 Å². The number of benzene rings is 4. The summed E-state index contributed by atoms with van der Waals surface area (Å²) in [5, 5.41) is 0.748. The van der Waals surface area contributed by atoms with Gasteiger partial charge in [-0.15, -0.1) is 0 Å². The van der Waals surface area contributed by atoms with Gasteiger partial charge in [0.25, 0.3) is 0 Å². The monoisotopic (exact) mass is 552 g/mol. The Morgan fingerprint density at radius 2 is 1.49 bits per heavy atom. The summed E-state index contributed by atoms with van der Waals surface area (Å²) in [7, 11) is 0. The first-order valence-corrected chi connectivity index (χ1v) is 13.8. The van der Waals surface area contributed by atoms with Gasteiger partial charge in [-0.2, -0.15) is 0 Å². The first-order valence-electron chi connectivity index (χ1n) is 13.0. The highest BCUT2D eigenvalue weighted by Gasteiger charge is 2.49. The van der Waals surface area contributed by atoms with Crippen molar-refractivity contribution in [3.8, 4) is 0 Å². The van der Waals surface area contributed by atoms with Gasteiger partial charge in [0.05, 0.1) is 16.0 Å². The van der Waals surface area contributed by atoms with Gasteiger partial charge in [-0.05, 0) is 53.8 Å². The van der Waals surface area contributed by atoms with Gasteiger partial charge in [0, 0.05) is 29.4 Å². The highest BCUT2D eigenvalue weighted by atomic mass is 35.5. The average Bonchev–Trinajstić information content (AvgIpc) is 2.95. The Bertz CT molecular complexity index is 1590. The minimum Gasteiger partial charge on any atom is -0.426 e. The highest BCUT2D eigenvalue weighted by Crippen LogP contribution is 2.56. The number of halogens is 2. The van der Waals surface area contributed by atoms with Gasteiger partial charge in [-0.25, -0.2) is 0 Å². The standard InChI is InChI=1S/C34H26Cl2O3/c1-20-11-13-21(14-12-20)31-19-27-25-10-6-5-9-24(25)26(18-30(37)23-15-16-28(35)29(36)17-23)32(33(27)34(38)39-31)22-7-3-2-4-8-22/h2-17,19,26-27,32-33H,18H2,1H3/t26-,27-,32-,33-/m1/s1. The molecule has 3 nitrogen and oxygen atoms in total. The van der Waals surface area contributed by atoms with Crippen LogP contribution in [0.1, 0.15) is 62.3 Å². The van der Waals surface area contributed by atoms with Crippen LogP contribution in [0.4, 0.5) is 0 Å². The molecule has 194 valence electrons. The van der Waals surface area contributed by atoms with E-state index in [1.165, 1.54) is 0 Å². The zero-order valence-electron chi connectivity index (χ0n) is 21.3. The number of hydrogen-bond acceptors (Lipinski definition) is 3. The molecule has 4 aromatic carbocycles. The Morgan fingerprint density at radius 1 is 0.795 bits per heavy atom. The molecule has 2 aliphatic rings. The van der Waals surface area contributed by atoms with E-state index < -0.39 is 5.92 Å². The Balaban J connectivity index is 1.48. The maximum Gasteiger partial charge on any atom is 0.315 e. The van der Waals surface area contributed by atoms with Gasteiger partial charge in [0.1, 0.15) is 5.76 Å². The molecule has 4 atom stereocenters. The largest absolute Gasteiger partial charge is 0.426 e. The summed E-state index contributed by atoms with van der Waals surface area (Å²) in [5.74, 6) is -0.868. The predicted molar refractivity (Wildman–Crippen MR) is 155 cm³/mol. The lowest BCUT2D eigenvalue weighted by Gasteiger charge is -2.44. The van der Waals surface area contributed by atoms with Crippen LogP contribution >= 0.6 is 23.2 Å². The number of esters is 1. The molecule has 4 aromatic rings. The zero-order chi connectivity index (χ0) is 27.1. The van der Waals surface area contributed by atoms with Crippen LogP contribution < -0.4 is 0 Å². The summed E-state index contributed by atoms with van der Waals surface area (Å²) in [5.41, 5.74) is 5.67. The van der Waals surface area contributed by atoms with E-state index in [1.54, 1.807) is 18.2 Å². The van der Waals surface area contributed by atoms with Crippen molar-refractivity contribution in [2.75, 3.05) is 0 Å². The van der Waals surface area contributed by atoms with E-state index in [-0.39, 0.29) is 35.9 Å². The molecule has 39 heavy (non-hydrogen) atoms. The number of carbonyl (C=O) groups excluding carboxylic acids is 2. The van der Waals surface area contributed by atoms with Gasteiger partial charge in [-0.3, -0.25) is 9.59 Å². The second kappa shape index (κ2) is 10.5. The predicted octanol–water partition coefficient (Wildman–Crippen LogP) is 8.75. The van der Waals surface area contributed by atoms with E-state index in [0.29, 0.717) is 21.4 Å². The lowest BCUT2D eigenvalue weighted by atomic mass is 9.59. The molecule has 0 saturated carbocycles. The fourth-order valence-corrected chi connectivity index (χ4v) is 6.38. The van der Waals surface area contributed by atoms with Gasteiger partial charge in [0.2, 0.25) is 0 Å². The van der Waals surface area contributed by atoms with E-state index in [4.69, 9.17) is 27.9 Å². The quantitative estimate of drug-likeness (QED) is 0.183. The Hall–Kier alpha value is -3.66. The number of carbonyl (C=O) groups is 2. The van der Waals surface area contributed by atoms with Crippen molar-refractivity contribution in [1.82, 2.24) is 0 Å². The first kappa shape index (κ1) is 25.6. The second-order valence-electron chi connectivity index (χ2n) is 10.3. The van der Waals surface area contributed by atoms with Crippen molar-refractivity contribution in [3.05, 3.63) is 147 Å². The lowest BCUT2D eigenvalue weighted by molar-refractivity contribution is -0.144. The molecule has 0 amide bonds. The van der Waals surface area contributed by atoms with Crippen molar-refractivity contribution in [2.45, 2.75) is 31.1 Å². The number of rotatable bonds is 5. The number of fused-ring (bicyclic) bond motifs is 3. The normalized spacial score (nSPS) is 21.8. The molecular weight excluding hydrogens is 527 g/mol. The maximum absolute atomic E-state index is 13.9. The first-order chi connectivity index (χ1) is 18.9. The van der Waals surface area contributed by atoms with Crippen LogP contribution in [0.2, 0.25) is 10.0 Å². The smallest absolute Gasteiger partial charge is 0.315 e. The number of hydrogen-bond donors (Lipinski definition) is 0. The number of cyclic esters (lactones) is 1. The SMILES string of the molecule is Cc1ccc(C2=C[C@@H]3c4ccccc4[C@@H](CC(=O)c4ccc(Cl)c(Cl)c4)[C@@H](c4ccccc4)[C@@H]3C(=O)O2)cc1. The summed E-state index contributed by atoms with van der Waals surface area (Å²) in [6, 6.07) is 31.1. The number of Topliss-reactive ketones (excluding diaryl/α,β-unsaturated/α-hetero) is 1. The topological polar surface area (TPSA) is 43.4 Å².